The van der Waals surface area contributed by atoms with Crippen LogP contribution in [0, 0.1) is 11.8 Å². The Labute approximate surface area is 142 Å². The number of aliphatic hydroxyl groups is 1. The summed E-state index contributed by atoms with van der Waals surface area (Å²) in [5, 5.41) is 10.6. The number of rotatable bonds is 0. The first kappa shape index (κ1) is 17.4. The summed E-state index contributed by atoms with van der Waals surface area (Å²) >= 11 is 0. The molecule has 3 rings (SSSR count). The van der Waals surface area contributed by atoms with Gasteiger partial charge in [-0.2, -0.15) is 0 Å². The Morgan fingerprint density at radius 3 is 2.71 bits per heavy atom. The highest BCUT2D eigenvalue weighted by Crippen LogP contribution is 2.36. The number of hydrogen-bond acceptors (Lipinski definition) is 6. The van der Waals surface area contributed by atoms with Gasteiger partial charge in [-0.25, -0.2) is 9.59 Å². The molecule has 6 nitrogen and oxygen atoms in total. The lowest BCUT2D eigenvalue weighted by atomic mass is 9.85. The van der Waals surface area contributed by atoms with E-state index < -0.39 is 17.5 Å². The van der Waals surface area contributed by atoms with Gasteiger partial charge in [-0.05, 0) is 45.6 Å². The van der Waals surface area contributed by atoms with Crippen molar-refractivity contribution in [2.24, 2.45) is 11.8 Å². The summed E-state index contributed by atoms with van der Waals surface area (Å²) < 4.78 is 11.3. The summed E-state index contributed by atoms with van der Waals surface area (Å²) in [5.74, 6) is -1.23. The predicted molar refractivity (Wildman–Crippen MR) is 87.1 cm³/mol. The number of allylic oxidation sites excluding steroid dienone is 1. The van der Waals surface area contributed by atoms with Gasteiger partial charge < -0.3 is 14.6 Å². The van der Waals surface area contributed by atoms with E-state index in [9.17, 15) is 14.7 Å². The summed E-state index contributed by atoms with van der Waals surface area (Å²) in [6, 6.07) is 0.113. The fourth-order valence-electron chi connectivity index (χ4n) is 4.11. The van der Waals surface area contributed by atoms with Crippen molar-refractivity contribution in [2.45, 2.75) is 57.8 Å². The van der Waals surface area contributed by atoms with Crippen molar-refractivity contribution in [3.05, 3.63) is 11.6 Å². The summed E-state index contributed by atoms with van der Waals surface area (Å²) in [7, 11) is 0. The predicted octanol–water partition coefficient (Wildman–Crippen LogP) is 1.27. The SMILES string of the molecule is C/C=C1/C[C@H](C)[C@](C)(O)C(=O)OC[C@@H]2CCN3CC[C@H](OC1=O)[C@H]23. The smallest absolute Gasteiger partial charge is 0.338 e. The molecular weight excluding hydrogens is 310 g/mol. The van der Waals surface area contributed by atoms with Crippen LogP contribution in [0.5, 0.6) is 0 Å². The van der Waals surface area contributed by atoms with Crippen LogP contribution in [0.4, 0.5) is 0 Å². The Bertz CT molecular complexity index is 556. The van der Waals surface area contributed by atoms with Gasteiger partial charge in [0.05, 0.1) is 12.6 Å². The highest BCUT2D eigenvalue weighted by atomic mass is 16.6. The van der Waals surface area contributed by atoms with Crippen molar-refractivity contribution in [2.75, 3.05) is 19.7 Å². The van der Waals surface area contributed by atoms with E-state index in [0.29, 0.717) is 5.57 Å². The number of nitrogens with zero attached hydrogens (tertiary/aromatic N) is 1. The Morgan fingerprint density at radius 1 is 1.29 bits per heavy atom. The van der Waals surface area contributed by atoms with E-state index in [-0.39, 0.29) is 37.1 Å². The average Bonchev–Trinajstić information content (AvgIpc) is 3.12. The third-order valence-electron chi connectivity index (χ3n) is 5.97. The molecule has 5 atom stereocenters. The zero-order chi connectivity index (χ0) is 17.5. The van der Waals surface area contributed by atoms with Gasteiger partial charge in [0.1, 0.15) is 6.10 Å². The lowest BCUT2D eigenvalue weighted by molar-refractivity contribution is -0.172. The molecule has 0 aromatic carbocycles. The maximum atomic E-state index is 12.6. The van der Waals surface area contributed by atoms with E-state index in [1.807, 2.05) is 0 Å². The molecule has 0 aromatic heterocycles. The van der Waals surface area contributed by atoms with Crippen LogP contribution < -0.4 is 0 Å². The van der Waals surface area contributed by atoms with Gasteiger partial charge >= 0.3 is 11.9 Å². The molecule has 0 bridgehead atoms. The molecule has 3 aliphatic heterocycles. The highest BCUT2D eigenvalue weighted by Gasteiger charge is 2.48. The number of carbonyl (C=O) groups excluding carboxylic acids is 2. The van der Waals surface area contributed by atoms with E-state index in [2.05, 4.69) is 4.90 Å². The Morgan fingerprint density at radius 2 is 2.00 bits per heavy atom. The molecule has 6 heteroatoms. The van der Waals surface area contributed by atoms with Gasteiger partial charge in [-0.15, -0.1) is 0 Å². The van der Waals surface area contributed by atoms with Gasteiger partial charge in [-0.1, -0.05) is 13.0 Å². The Balaban J connectivity index is 1.89. The number of ether oxygens (including phenoxy) is 2. The lowest BCUT2D eigenvalue weighted by Gasteiger charge is -2.32. The van der Waals surface area contributed by atoms with Crippen molar-refractivity contribution in [1.29, 1.82) is 0 Å². The molecule has 3 aliphatic rings. The van der Waals surface area contributed by atoms with Gasteiger partial charge in [-0.3, -0.25) is 4.90 Å². The second-order valence-electron chi connectivity index (χ2n) is 7.47. The van der Waals surface area contributed by atoms with Gasteiger partial charge in [0.25, 0.3) is 0 Å². The van der Waals surface area contributed by atoms with Crippen molar-refractivity contribution in [3.8, 4) is 0 Å². The quantitative estimate of drug-likeness (QED) is 0.530. The molecule has 0 saturated carbocycles. The van der Waals surface area contributed by atoms with Crippen LogP contribution in [0.3, 0.4) is 0 Å². The van der Waals surface area contributed by atoms with E-state index >= 15 is 0 Å². The molecule has 0 amide bonds. The molecule has 1 N–H and O–H groups in total. The number of cyclic esters (lactones) is 1. The number of carbonyl (C=O) groups is 2. The topological polar surface area (TPSA) is 76.1 Å². The van der Waals surface area contributed by atoms with Crippen LogP contribution in [0.2, 0.25) is 0 Å². The van der Waals surface area contributed by atoms with E-state index in [0.717, 1.165) is 25.9 Å². The first-order valence-electron chi connectivity index (χ1n) is 8.84. The molecule has 0 spiro atoms. The fourth-order valence-corrected chi connectivity index (χ4v) is 4.11. The van der Waals surface area contributed by atoms with Gasteiger partial charge in [0.15, 0.2) is 5.60 Å². The monoisotopic (exact) mass is 337 g/mol. The van der Waals surface area contributed by atoms with Crippen molar-refractivity contribution < 1.29 is 24.2 Å². The molecule has 0 unspecified atom stereocenters. The van der Waals surface area contributed by atoms with E-state index in [1.54, 1.807) is 19.9 Å². The number of esters is 2. The first-order valence-corrected chi connectivity index (χ1v) is 8.84. The molecule has 24 heavy (non-hydrogen) atoms. The molecule has 0 radical (unpaired) electrons. The largest absolute Gasteiger partial charge is 0.463 e. The number of hydrogen-bond donors (Lipinski definition) is 1. The third-order valence-corrected chi connectivity index (χ3v) is 5.97. The minimum atomic E-state index is -1.62. The van der Waals surface area contributed by atoms with Crippen molar-refractivity contribution >= 4 is 11.9 Å². The maximum absolute atomic E-state index is 12.6. The Kier molecular flexibility index (Phi) is 4.71. The van der Waals surface area contributed by atoms with Gasteiger partial charge in [0.2, 0.25) is 0 Å². The molecule has 0 aromatic rings. The highest BCUT2D eigenvalue weighted by molar-refractivity contribution is 5.89. The van der Waals surface area contributed by atoms with Crippen LogP contribution in [0.1, 0.15) is 40.0 Å². The lowest BCUT2D eigenvalue weighted by Crippen LogP contribution is -2.46. The van der Waals surface area contributed by atoms with Crippen LogP contribution in [-0.4, -0.2) is 59.4 Å². The van der Waals surface area contributed by atoms with Crippen molar-refractivity contribution in [3.63, 3.8) is 0 Å². The van der Waals surface area contributed by atoms with E-state index in [4.69, 9.17) is 9.47 Å². The third kappa shape index (κ3) is 2.97. The average molecular weight is 337 g/mol. The zero-order valence-electron chi connectivity index (χ0n) is 14.7. The summed E-state index contributed by atoms with van der Waals surface area (Å²) in [4.78, 5) is 27.3. The van der Waals surface area contributed by atoms with Crippen LogP contribution in [0.25, 0.3) is 0 Å². The molecule has 3 fully saturated rings. The molecule has 0 aliphatic carbocycles. The molecule has 3 saturated heterocycles. The minimum absolute atomic E-state index is 0.113. The first-order chi connectivity index (χ1) is 11.3. The minimum Gasteiger partial charge on any atom is -0.463 e. The van der Waals surface area contributed by atoms with Crippen molar-refractivity contribution in [1.82, 2.24) is 4.90 Å². The normalized spacial score (nSPS) is 42.9. The molecule has 3 heterocycles. The zero-order valence-corrected chi connectivity index (χ0v) is 14.7. The fraction of sp³-hybridized carbons (Fsp3) is 0.778. The maximum Gasteiger partial charge on any atom is 0.338 e. The summed E-state index contributed by atoms with van der Waals surface area (Å²) in [6.07, 6.45) is 3.59. The second-order valence-corrected chi connectivity index (χ2v) is 7.47. The van der Waals surface area contributed by atoms with Crippen LogP contribution in [0.15, 0.2) is 11.6 Å². The molecular formula is C18H27NO5. The second kappa shape index (κ2) is 6.48. The van der Waals surface area contributed by atoms with Crippen LogP contribution in [-0.2, 0) is 19.1 Å². The summed E-state index contributed by atoms with van der Waals surface area (Å²) in [5.41, 5.74) is -1.12. The van der Waals surface area contributed by atoms with Gasteiger partial charge in [0, 0.05) is 18.0 Å². The Hall–Kier alpha value is -1.40. The van der Waals surface area contributed by atoms with E-state index in [1.165, 1.54) is 6.92 Å². The van der Waals surface area contributed by atoms with Crippen LogP contribution >= 0.6 is 0 Å². The standard InChI is InChI=1S/C18H27NO5/c1-4-12-9-11(2)18(3,22)17(21)23-10-13-5-7-19-8-6-14(15(13)19)24-16(12)20/h4,11,13-15,22H,5-10H2,1-3H3/b12-4-/t11-,13-,14-,15-,18-/m0/s1. The molecule has 134 valence electrons. The summed E-state index contributed by atoms with van der Waals surface area (Å²) in [6.45, 7) is 7.11.